The molecule has 0 N–H and O–H groups in total. The molecule has 92 valence electrons. The molecule has 0 aliphatic carbocycles. The Labute approximate surface area is 131 Å². The van der Waals surface area contributed by atoms with E-state index >= 15 is 0 Å². The largest absolute Gasteiger partial charge is 0.561 e. The summed E-state index contributed by atoms with van der Waals surface area (Å²) in [4.78, 5) is 0.721. The van der Waals surface area contributed by atoms with Crippen LogP contribution in [0.15, 0.2) is 48.5 Å². The highest BCUT2D eigenvalue weighted by molar-refractivity contribution is 14.1. The highest BCUT2D eigenvalue weighted by atomic mass is 127. The molecule has 0 aromatic heterocycles. The average molecular weight is 466 g/mol. The van der Waals surface area contributed by atoms with Gasteiger partial charge in [-0.1, -0.05) is 24.3 Å². The second-order valence-corrected chi connectivity index (χ2v) is 5.77. The Morgan fingerprint density at radius 3 is 1.33 bits per heavy atom. The summed E-state index contributed by atoms with van der Waals surface area (Å²) in [5.41, 5.74) is 0.681. The normalized spacial score (nSPS) is 12.1. The van der Waals surface area contributed by atoms with Crippen LogP contribution in [0.2, 0.25) is 0 Å². The first kappa shape index (κ1) is 13.5. The molecule has 0 radical (unpaired) electrons. The zero-order valence-electron chi connectivity index (χ0n) is 9.09. The maximum atomic E-state index is 12.0. The van der Waals surface area contributed by atoms with E-state index in [9.17, 15) is 10.4 Å². The summed E-state index contributed by atoms with van der Waals surface area (Å²) >= 11 is 4.06. The lowest BCUT2D eigenvalue weighted by atomic mass is 10.3. The fourth-order valence-corrected chi connectivity index (χ4v) is 2.60. The smallest absolute Gasteiger partial charge is 0.301 e. The fraction of sp³-hybridized carbons (Fsp3) is 0. The Balaban J connectivity index is 2.55. The fourth-order valence-electron chi connectivity index (χ4n) is 1.41. The topological polar surface area (TPSA) is 52.1 Å². The van der Waals surface area contributed by atoms with E-state index in [0.29, 0.717) is 21.1 Å². The van der Waals surface area contributed by atoms with Gasteiger partial charge in [-0.3, -0.25) is 0 Å². The van der Waals surface area contributed by atoms with Crippen molar-refractivity contribution in [2.24, 2.45) is 0 Å². The van der Waals surface area contributed by atoms with Crippen molar-refractivity contribution < 1.29 is 9.72 Å². The molecule has 0 aliphatic heterocycles. The molecule has 0 unspecified atom stereocenters. The first-order valence-corrected chi connectivity index (χ1v) is 7.20. The van der Waals surface area contributed by atoms with Gasteiger partial charge in [0.25, 0.3) is 0 Å². The quantitative estimate of drug-likeness (QED) is 0.287. The van der Waals surface area contributed by atoms with Gasteiger partial charge >= 0.3 is 11.4 Å². The minimum absolute atomic E-state index is 0.341. The van der Waals surface area contributed by atoms with Crippen LogP contribution in [0, 0.1) is 17.6 Å². The van der Waals surface area contributed by atoms with E-state index in [2.05, 4.69) is 0 Å². The standard InChI is InChI=1S/C12H8I2N2O2/c13-9-5-1-3-7-11(9)15(17)16(18)12-8-4-2-6-10(12)14/h1-8H/b16-15+. The zero-order valence-corrected chi connectivity index (χ0v) is 13.4. The number of azo groups is 1. The van der Waals surface area contributed by atoms with E-state index in [0.717, 1.165) is 7.14 Å². The van der Waals surface area contributed by atoms with E-state index in [1.807, 2.05) is 57.3 Å². The van der Waals surface area contributed by atoms with Crippen LogP contribution in [-0.2, 0) is 0 Å². The summed E-state index contributed by atoms with van der Waals surface area (Å²) in [6.45, 7) is 0. The van der Waals surface area contributed by atoms with Gasteiger partial charge in [0, 0.05) is 12.1 Å². The molecule has 6 heteroatoms. The Morgan fingerprint density at radius 2 is 1.00 bits per heavy atom. The second kappa shape index (κ2) is 5.83. The summed E-state index contributed by atoms with van der Waals surface area (Å²) in [5.74, 6) is 0. The van der Waals surface area contributed by atoms with Gasteiger partial charge in [-0.25, -0.2) is 0 Å². The minimum Gasteiger partial charge on any atom is -0.561 e. The number of halogens is 2. The van der Waals surface area contributed by atoms with E-state index in [1.54, 1.807) is 36.4 Å². The van der Waals surface area contributed by atoms with Gasteiger partial charge in [-0.05, 0) is 57.3 Å². The lowest BCUT2D eigenvalue weighted by Crippen LogP contribution is -2.10. The van der Waals surface area contributed by atoms with Gasteiger partial charge in [0.2, 0.25) is 0 Å². The predicted octanol–water partition coefficient (Wildman–Crippen LogP) is 4.33. The molecule has 0 aliphatic rings. The van der Waals surface area contributed by atoms with Gasteiger partial charge in [0.05, 0.1) is 16.9 Å². The number of para-hydroxylation sites is 2. The zero-order chi connectivity index (χ0) is 13.1. The lowest BCUT2D eigenvalue weighted by Gasteiger charge is -2.04. The molecular formula is C12H8I2N2O2. The van der Waals surface area contributed by atoms with Gasteiger partial charge in [-0.15, -0.1) is 0 Å². The predicted molar refractivity (Wildman–Crippen MR) is 84.9 cm³/mol. The van der Waals surface area contributed by atoms with Crippen molar-refractivity contribution in [1.82, 2.24) is 0 Å². The van der Waals surface area contributed by atoms with Crippen LogP contribution in [0.5, 0.6) is 0 Å². The van der Waals surface area contributed by atoms with Crippen LogP contribution in [0.1, 0.15) is 0 Å². The van der Waals surface area contributed by atoms with Crippen molar-refractivity contribution in [3.63, 3.8) is 0 Å². The maximum absolute atomic E-state index is 12.0. The van der Waals surface area contributed by atoms with Gasteiger partial charge in [0.1, 0.15) is 0 Å². The van der Waals surface area contributed by atoms with Crippen LogP contribution in [0.3, 0.4) is 0 Å². The first-order valence-electron chi connectivity index (χ1n) is 5.05. The number of hydrogen-bond donors (Lipinski definition) is 0. The van der Waals surface area contributed by atoms with Crippen molar-refractivity contribution >= 4 is 56.6 Å². The van der Waals surface area contributed by atoms with Gasteiger partial charge < -0.3 is 10.4 Å². The number of benzene rings is 2. The number of nitrogens with zero attached hydrogens (tertiary/aromatic N) is 2. The summed E-state index contributed by atoms with van der Waals surface area (Å²) in [6, 6.07) is 13.9. The summed E-state index contributed by atoms with van der Waals surface area (Å²) in [6.07, 6.45) is 0. The molecule has 0 saturated carbocycles. The molecular weight excluding hydrogens is 458 g/mol. The molecule has 2 rings (SSSR count). The van der Waals surface area contributed by atoms with Crippen molar-refractivity contribution in [1.29, 1.82) is 0 Å². The molecule has 0 heterocycles. The first-order chi connectivity index (χ1) is 8.61. The molecule has 0 spiro atoms. The van der Waals surface area contributed by atoms with Gasteiger partial charge in [0.15, 0.2) is 0 Å². The minimum atomic E-state index is 0.341. The molecule has 2 aromatic carbocycles. The second-order valence-electron chi connectivity index (χ2n) is 3.45. The third-order valence-electron chi connectivity index (χ3n) is 2.28. The number of hydrogen-bond acceptors (Lipinski definition) is 2. The molecule has 0 amide bonds. The van der Waals surface area contributed by atoms with Crippen molar-refractivity contribution in [3.05, 3.63) is 66.1 Å². The Morgan fingerprint density at radius 1 is 0.667 bits per heavy atom. The Hall–Kier alpha value is -0.900. The average Bonchev–Trinajstić information content (AvgIpc) is 2.38. The molecule has 18 heavy (non-hydrogen) atoms. The molecule has 2 aromatic rings. The Kier molecular flexibility index (Phi) is 4.38. The monoisotopic (exact) mass is 466 g/mol. The van der Waals surface area contributed by atoms with Crippen molar-refractivity contribution in [2.45, 2.75) is 0 Å². The van der Waals surface area contributed by atoms with Crippen molar-refractivity contribution in [2.75, 3.05) is 0 Å². The third-order valence-corrected chi connectivity index (χ3v) is 4.11. The van der Waals surface area contributed by atoms with E-state index < -0.39 is 0 Å². The lowest BCUT2D eigenvalue weighted by molar-refractivity contribution is -0.897. The van der Waals surface area contributed by atoms with Crippen LogP contribution in [0.4, 0.5) is 11.4 Å². The molecule has 0 atom stereocenters. The summed E-state index contributed by atoms with van der Waals surface area (Å²) < 4.78 is 1.47. The molecule has 0 bridgehead atoms. The van der Waals surface area contributed by atoms with Crippen molar-refractivity contribution in [3.8, 4) is 0 Å². The van der Waals surface area contributed by atoms with E-state index in [1.165, 1.54) is 0 Å². The maximum Gasteiger partial charge on any atom is 0.301 e. The highest BCUT2D eigenvalue weighted by Crippen LogP contribution is 2.24. The van der Waals surface area contributed by atoms with Crippen LogP contribution >= 0.6 is 45.2 Å². The Bertz CT molecular complexity index is 561. The third kappa shape index (κ3) is 2.74. The SMILES string of the molecule is [O-]/[N+](c1ccccc1I)=[N+](/[O-])c1ccccc1I. The summed E-state index contributed by atoms with van der Waals surface area (Å²) in [5, 5.41) is 24.1. The van der Waals surface area contributed by atoms with E-state index in [4.69, 9.17) is 0 Å². The molecule has 4 nitrogen and oxygen atoms in total. The van der Waals surface area contributed by atoms with Crippen LogP contribution in [-0.4, -0.2) is 9.72 Å². The number of rotatable bonds is 2. The van der Waals surface area contributed by atoms with Crippen LogP contribution < -0.4 is 0 Å². The van der Waals surface area contributed by atoms with Gasteiger partial charge in [-0.2, -0.15) is 0 Å². The molecule has 0 fully saturated rings. The highest BCUT2D eigenvalue weighted by Gasteiger charge is 2.20. The van der Waals surface area contributed by atoms with Crippen LogP contribution in [0.25, 0.3) is 0 Å². The molecule has 0 saturated heterocycles. The summed E-state index contributed by atoms with van der Waals surface area (Å²) in [7, 11) is 0. The van der Waals surface area contributed by atoms with E-state index in [-0.39, 0.29) is 0 Å².